The highest BCUT2D eigenvalue weighted by atomic mass is 32.2. The Morgan fingerprint density at radius 3 is 2.47 bits per heavy atom. The van der Waals surface area contributed by atoms with Crippen molar-refractivity contribution in [3.8, 4) is 0 Å². The molecule has 5 nitrogen and oxygen atoms in total. The number of hydrogen-bond donors (Lipinski definition) is 2. The van der Waals surface area contributed by atoms with Crippen molar-refractivity contribution in [3.63, 3.8) is 0 Å². The van der Waals surface area contributed by atoms with Crippen LogP contribution in [0.5, 0.6) is 0 Å². The van der Waals surface area contributed by atoms with Crippen molar-refractivity contribution in [2.45, 2.75) is 24.3 Å². The first-order valence-corrected chi connectivity index (χ1v) is 6.61. The second kappa shape index (κ2) is 4.64. The lowest BCUT2D eigenvalue weighted by molar-refractivity contribution is 0.138. The molecule has 1 rings (SSSR count). The van der Waals surface area contributed by atoms with Gasteiger partial charge in [0, 0.05) is 12.7 Å². The van der Waals surface area contributed by atoms with E-state index < -0.39 is 15.6 Å². The van der Waals surface area contributed by atoms with Crippen LogP contribution in [0.2, 0.25) is 0 Å². The minimum absolute atomic E-state index is 0.126. The Kier molecular flexibility index (Phi) is 3.81. The van der Waals surface area contributed by atoms with Crippen LogP contribution in [0, 0.1) is 0 Å². The summed E-state index contributed by atoms with van der Waals surface area (Å²) in [7, 11) is -2.20. The van der Waals surface area contributed by atoms with E-state index in [1.165, 1.54) is 19.2 Å². The first-order chi connectivity index (χ1) is 7.71. The summed E-state index contributed by atoms with van der Waals surface area (Å²) in [5, 5.41) is 9.20. The third-order valence-electron chi connectivity index (χ3n) is 2.76. The fraction of sp³-hybridized carbons (Fsp3) is 0.455. The molecule has 0 radical (unpaired) electrons. The molecular formula is C11H18N2O3S. The van der Waals surface area contributed by atoms with Crippen LogP contribution >= 0.6 is 0 Å². The number of rotatable bonds is 4. The van der Waals surface area contributed by atoms with Crippen LogP contribution in [0.15, 0.2) is 29.2 Å². The minimum Gasteiger partial charge on any atom is -0.399 e. The van der Waals surface area contributed by atoms with Crippen LogP contribution in [0.3, 0.4) is 0 Å². The first-order valence-electron chi connectivity index (χ1n) is 5.17. The van der Waals surface area contributed by atoms with Crippen LogP contribution in [-0.2, 0) is 10.0 Å². The standard InChI is InChI=1S/C11H18N2O3S/c1-11(2,8-14)13(3)17(15,16)10-6-4-5-9(12)7-10/h4-7,14H,8,12H2,1-3H3. The summed E-state index contributed by atoms with van der Waals surface area (Å²) in [6.45, 7) is 3.04. The zero-order valence-electron chi connectivity index (χ0n) is 10.2. The Bertz CT molecular complexity index is 497. The second-order valence-electron chi connectivity index (χ2n) is 4.52. The molecule has 0 heterocycles. The van der Waals surface area contributed by atoms with Crippen molar-refractivity contribution in [1.29, 1.82) is 0 Å². The third-order valence-corrected chi connectivity index (χ3v) is 4.82. The molecule has 6 heteroatoms. The Labute approximate surface area is 102 Å². The Morgan fingerprint density at radius 2 is 2.00 bits per heavy atom. The lowest BCUT2D eigenvalue weighted by Crippen LogP contribution is -2.47. The molecule has 96 valence electrons. The summed E-state index contributed by atoms with van der Waals surface area (Å²) in [6, 6.07) is 6.09. The first kappa shape index (κ1) is 14.0. The molecule has 0 aliphatic heterocycles. The van der Waals surface area contributed by atoms with Crippen molar-refractivity contribution < 1.29 is 13.5 Å². The van der Waals surface area contributed by atoms with Crippen LogP contribution in [0.4, 0.5) is 5.69 Å². The molecule has 1 aromatic carbocycles. The number of nitrogens with zero attached hydrogens (tertiary/aromatic N) is 1. The number of benzene rings is 1. The summed E-state index contributed by atoms with van der Waals surface area (Å²) in [5.74, 6) is 0. The van der Waals surface area contributed by atoms with E-state index >= 15 is 0 Å². The van der Waals surface area contributed by atoms with Gasteiger partial charge in [-0.2, -0.15) is 4.31 Å². The van der Waals surface area contributed by atoms with E-state index in [0.717, 1.165) is 4.31 Å². The number of aliphatic hydroxyl groups excluding tert-OH is 1. The molecule has 0 saturated heterocycles. The van der Waals surface area contributed by atoms with Gasteiger partial charge in [0.1, 0.15) is 0 Å². The van der Waals surface area contributed by atoms with Gasteiger partial charge in [0.15, 0.2) is 0 Å². The van der Waals surface area contributed by atoms with Gasteiger partial charge in [-0.25, -0.2) is 8.42 Å². The maximum Gasteiger partial charge on any atom is 0.243 e. The predicted octanol–water partition coefficient (Wildman–Crippen LogP) is 0.660. The fourth-order valence-corrected chi connectivity index (χ4v) is 2.82. The minimum atomic E-state index is -3.64. The molecule has 0 unspecified atom stereocenters. The molecule has 1 aromatic rings. The topological polar surface area (TPSA) is 83.6 Å². The van der Waals surface area contributed by atoms with Crippen LogP contribution < -0.4 is 5.73 Å². The Hall–Kier alpha value is -1.11. The second-order valence-corrected chi connectivity index (χ2v) is 6.48. The molecule has 0 aliphatic carbocycles. The molecule has 0 fully saturated rings. The monoisotopic (exact) mass is 258 g/mol. The molecule has 0 bridgehead atoms. The largest absolute Gasteiger partial charge is 0.399 e. The lowest BCUT2D eigenvalue weighted by Gasteiger charge is -2.32. The SMILES string of the molecule is CN(C(C)(C)CO)S(=O)(=O)c1cccc(N)c1. The van der Waals surface area contributed by atoms with Gasteiger partial charge >= 0.3 is 0 Å². The number of hydrogen-bond acceptors (Lipinski definition) is 4. The molecule has 0 saturated carbocycles. The molecule has 0 atom stereocenters. The lowest BCUT2D eigenvalue weighted by atomic mass is 10.1. The highest BCUT2D eigenvalue weighted by Crippen LogP contribution is 2.23. The van der Waals surface area contributed by atoms with E-state index in [2.05, 4.69) is 0 Å². The third kappa shape index (κ3) is 2.77. The van der Waals surface area contributed by atoms with E-state index in [0.29, 0.717) is 5.69 Å². The zero-order valence-corrected chi connectivity index (χ0v) is 11.0. The molecular weight excluding hydrogens is 240 g/mol. The van der Waals surface area contributed by atoms with Crippen LogP contribution in [0.25, 0.3) is 0 Å². The molecule has 0 amide bonds. The summed E-state index contributed by atoms with van der Waals surface area (Å²) in [4.78, 5) is 0.126. The van der Waals surface area contributed by atoms with E-state index in [4.69, 9.17) is 5.73 Å². The average Bonchev–Trinajstić information content (AvgIpc) is 2.28. The van der Waals surface area contributed by atoms with Crippen molar-refractivity contribution in [2.75, 3.05) is 19.4 Å². The zero-order chi connectivity index (χ0) is 13.3. The number of nitrogen functional groups attached to an aromatic ring is 1. The smallest absolute Gasteiger partial charge is 0.243 e. The van der Waals surface area contributed by atoms with Crippen molar-refractivity contribution in [1.82, 2.24) is 4.31 Å². The highest BCUT2D eigenvalue weighted by molar-refractivity contribution is 7.89. The summed E-state index contributed by atoms with van der Waals surface area (Å²) in [5.41, 5.74) is 5.10. The van der Waals surface area contributed by atoms with Crippen LogP contribution in [0.1, 0.15) is 13.8 Å². The van der Waals surface area contributed by atoms with Gasteiger partial charge in [0.05, 0.1) is 17.0 Å². The van der Waals surface area contributed by atoms with Crippen LogP contribution in [-0.4, -0.2) is 37.0 Å². The maximum absolute atomic E-state index is 12.2. The van der Waals surface area contributed by atoms with Crippen molar-refractivity contribution in [3.05, 3.63) is 24.3 Å². The summed E-state index contributed by atoms with van der Waals surface area (Å²) < 4.78 is 25.6. The highest BCUT2D eigenvalue weighted by Gasteiger charge is 2.33. The van der Waals surface area contributed by atoms with E-state index in [1.54, 1.807) is 26.0 Å². The van der Waals surface area contributed by atoms with Gasteiger partial charge in [-0.05, 0) is 32.0 Å². The molecule has 0 aromatic heterocycles. The number of sulfonamides is 1. The summed E-state index contributed by atoms with van der Waals surface area (Å²) in [6.07, 6.45) is 0. The van der Waals surface area contributed by atoms with Gasteiger partial charge in [-0.3, -0.25) is 0 Å². The van der Waals surface area contributed by atoms with Gasteiger partial charge in [0.2, 0.25) is 10.0 Å². The van der Waals surface area contributed by atoms with E-state index in [1.807, 2.05) is 0 Å². The number of nitrogens with two attached hydrogens (primary N) is 1. The molecule has 17 heavy (non-hydrogen) atoms. The Morgan fingerprint density at radius 1 is 1.41 bits per heavy atom. The van der Waals surface area contributed by atoms with Gasteiger partial charge in [-0.1, -0.05) is 6.07 Å². The van der Waals surface area contributed by atoms with Crippen molar-refractivity contribution >= 4 is 15.7 Å². The Balaban J connectivity index is 3.21. The predicted molar refractivity (Wildman–Crippen MR) is 67.0 cm³/mol. The number of anilines is 1. The van der Waals surface area contributed by atoms with Gasteiger partial charge in [-0.15, -0.1) is 0 Å². The average molecular weight is 258 g/mol. The quantitative estimate of drug-likeness (QED) is 0.777. The fourth-order valence-electron chi connectivity index (χ4n) is 1.26. The van der Waals surface area contributed by atoms with Crippen molar-refractivity contribution in [2.24, 2.45) is 0 Å². The molecule has 0 spiro atoms. The van der Waals surface area contributed by atoms with E-state index in [-0.39, 0.29) is 11.5 Å². The normalized spacial score (nSPS) is 13.0. The van der Waals surface area contributed by atoms with Gasteiger partial charge in [0.25, 0.3) is 0 Å². The van der Waals surface area contributed by atoms with Gasteiger partial charge < -0.3 is 10.8 Å². The molecule has 0 aliphatic rings. The number of aliphatic hydroxyl groups is 1. The van der Waals surface area contributed by atoms with E-state index in [9.17, 15) is 13.5 Å². The summed E-state index contributed by atoms with van der Waals surface area (Å²) >= 11 is 0. The molecule has 3 N–H and O–H groups in total. The maximum atomic E-state index is 12.2. The number of likely N-dealkylation sites (N-methyl/N-ethyl adjacent to an activating group) is 1.